The number of halogens is 10. The molecule has 0 spiro atoms. The second-order valence-corrected chi connectivity index (χ2v) is 10.7. The smallest absolute Gasteiger partial charge is 0.336 e. The van der Waals surface area contributed by atoms with Crippen LogP contribution in [0.3, 0.4) is 0 Å². The second-order valence-electron chi connectivity index (χ2n) is 9.14. The zero-order valence-electron chi connectivity index (χ0n) is 20.5. The summed E-state index contributed by atoms with van der Waals surface area (Å²) in [6.07, 6.45) is -10.1. The van der Waals surface area contributed by atoms with Crippen LogP contribution in [0.25, 0.3) is 6.08 Å². The molecular weight excluding hydrogens is 644 g/mol. The number of allylic oxidation sites excluding steroid dienone is 1. The molecule has 0 aromatic heterocycles. The van der Waals surface area contributed by atoms with E-state index in [-0.39, 0.29) is 25.6 Å². The number of alkyl halides is 7. The molecule has 214 valence electrons. The van der Waals surface area contributed by atoms with Gasteiger partial charge in [-0.05, 0) is 72.1 Å². The third-order valence-corrected chi connectivity index (χ3v) is 7.01. The van der Waals surface area contributed by atoms with Gasteiger partial charge in [-0.25, -0.2) is 4.39 Å². The lowest BCUT2D eigenvalue weighted by Crippen LogP contribution is -2.47. The molecule has 14 heteroatoms. The molecule has 0 radical (unpaired) electrons. The van der Waals surface area contributed by atoms with Crippen LogP contribution in [-0.2, 0) is 11.0 Å². The summed E-state index contributed by atoms with van der Waals surface area (Å²) in [5.74, 6) is -4.24. The molecule has 4 nitrogen and oxygen atoms in total. The van der Waals surface area contributed by atoms with Gasteiger partial charge in [0.15, 0.2) is 0 Å². The van der Waals surface area contributed by atoms with Gasteiger partial charge in [0.1, 0.15) is 5.67 Å². The van der Waals surface area contributed by atoms with Crippen molar-refractivity contribution >= 4 is 57.0 Å². The van der Waals surface area contributed by atoms with Crippen molar-refractivity contribution in [3.63, 3.8) is 0 Å². The molecule has 0 aliphatic heterocycles. The topological polar surface area (TPSA) is 58.2 Å². The summed E-state index contributed by atoms with van der Waals surface area (Å²) in [6, 6.07) is 4.42. The lowest BCUT2D eigenvalue weighted by atomic mass is 9.96. The van der Waals surface area contributed by atoms with Crippen LogP contribution in [0.1, 0.15) is 60.2 Å². The molecule has 2 atom stereocenters. The van der Waals surface area contributed by atoms with Gasteiger partial charge in [-0.3, -0.25) is 9.59 Å². The van der Waals surface area contributed by atoms with Gasteiger partial charge in [0.05, 0.1) is 44.1 Å². The Labute approximate surface area is 238 Å². The summed E-state index contributed by atoms with van der Waals surface area (Å²) in [5, 5.41) is 4.23. The van der Waals surface area contributed by atoms with E-state index >= 15 is 0 Å². The third-order valence-electron chi connectivity index (χ3n) is 5.10. The molecule has 39 heavy (non-hydrogen) atoms. The van der Waals surface area contributed by atoms with E-state index in [1.807, 2.05) is 0 Å². The molecule has 2 aromatic rings. The highest BCUT2D eigenvalue weighted by Crippen LogP contribution is 2.41. The Morgan fingerprint density at radius 1 is 0.974 bits per heavy atom. The number of nitrogens with one attached hydrogen (secondary N) is 2. The quantitative estimate of drug-likeness (QED) is 0.169. The lowest BCUT2D eigenvalue weighted by Gasteiger charge is -2.20. The fourth-order valence-corrected chi connectivity index (χ4v) is 4.19. The van der Waals surface area contributed by atoms with Gasteiger partial charge in [-0.2, -0.15) is 26.3 Å². The number of benzene rings is 2. The molecule has 2 N–H and O–H groups in total. The maximum absolute atomic E-state index is 13.8. The van der Waals surface area contributed by atoms with Crippen LogP contribution in [0.15, 0.2) is 40.9 Å². The monoisotopic (exact) mass is 664 g/mol. The van der Waals surface area contributed by atoms with E-state index in [2.05, 4.69) is 26.6 Å². The minimum atomic E-state index is -5.04. The Kier molecular flexibility index (Phi) is 10.5. The number of rotatable bonds is 8. The van der Waals surface area contributed by atoms with Gasteiger partial charge in [0.25, 0.3) is 5.91 Å². The van der Waals surface area contributed by atoms with E-state index in [0.717, 1.165) is 44.2 Å². The third kappa shape index (κ3) is 9.68. The van der Waals surface area contributed by atoms with Crippen LogP contribution in [0.2, 0.25) is 10.0 Å². The lowest BCUT2D eigenvalue weighted by molar-refractivity contribution is -0.139. The van der Waals surface area contributed by atoms with Gasteiger partial charge in [0, 0.05) is 0 Å². The predicted octanol–water partition coefficient (Wildman–Crippen LogP) is 8.46. The van der Waals surface area contributed by atoms with Crippen molar-refractivity contribution in [1.29, 1.82) is 0 Å². The molecule has 0 saturated carbocycles. The summed E-state index contributed by atoms with van der Waals surface area (Å²) in [6.45, 7) is 3.58. The zero-order valence-corrected chi connectivity index (χ0v) is 23.6. The highest BCUT2D eigenvalue weighted by molar-refractivity contribution is 9.10. The Balaban J connectivity index is 2.36. The minimum Gasteiger partial charge on any atom is -0.336 e. The van der Waals surface area contributed by atoms with E-state index in [1.54, 1.807) is 0 Å². The molecule has 0 aliphatic carbocycles. The first-order chi connectivity index (χ1) is 17.7. The Morgan fingerprint density at radius 2 is 1.54 bits per heavy atom. The first-order valence-corrected chi connectivity index (χ1v) is 12.6. The van der Waals surface area contributed by atoms with Crippen molar-refractivity contribution < 1.29 is 40.3 Å². The fourth-order valence-electron chi connectivity index (χ4n) is 3.45. The number of hydrogen-bond acceptors (Lipinski definition) is 2. The maximum Gasteiger partial charge on any atom is 0.417 e. The molecule has 0 fully saturated rings. The number of carbonyl (C=O) groups excluding carboxylic acids is 2. The van der Waals surface area contributed by atoms with Crippen molar-refractivity contribution in [3.8, 4) is 0 Å². The van der Waals surface area contributed by atoms with Crippen LogP contribution < -0.4 is 10.6 Å². The number of amides is 2. The van der Waals surface area contributed by atoms with Crippen molar-refractivity contribution in [3.05, 3.63) is 73.2 Å². The summed E-state index contributed by atoms with van der Waals surface area (Å²) in [4.78, 5) is 24.4. The van der Waals surface area contributed by atoms with E-state index in [0.29, 0.717) is 12.1 Å². The van der Waals surface area contributed by atoms with Crippen LogP contribution >= 0.6 is 39.1 Å². The molecule has 0 saturated heterocycles. The Morgan fingerprint density at radius 3 is 2.03 bits per heavy atom. The van der Waals surface area contributed by atoms with E-state index in [4.69, 9.17) is 23.2 Å². The molecule has 0 bridgehead atoms. The molecular formula is C25H22BrCl2F7N2O2. The predicted molar refractivity (Wildman–Crippen MR) is 138 cm³/mol. The normalized spacial score (nSPS) is 14.3. The highest BCUT2D eigenvalue weighted by atomic mass is 79.9. The average Bonchev–Trinajstić information content (AvgIpc) is 2.74. The van der Waals surface area contributed by atoms with Gasteiger partial charge in [0.2, 0.25) is 5.91 Å². The first-order valence-electron chi connectivity index (χ1n) is 11.1. The maximum atomic E-state index is 13.8. The van der Waals surface area contributed by atoms with Crippen molar-refractivity contribution in [2.45, 2.75) is 57.3 Å². The number of hydrogen-bond donors (Lipinski definition) is 2. The molecule has 2 rings (SSSR count). The van der Waals surface area contributed by atoms with Gasteiger partial charge in [-0.15, -0.1) is 0 Å². The van der Waals surface area contributed by atoms with E-state index < -0.39 is 59.5 Å². The van der Waals surface area contributed by atoms with Crippen molar-refractivity contribution in [1.82, 2.24) is 10.6 Å². The fraction of sp³-hybridized carbons (Fsp3) is 0.360. The molecule has 2 aromatic carbocycles. The highest BCUT2D eigenvalue weighted by Gasteiger charge is 2.40. The van der Waals surface area contributed by atoms with Crippen LogP contribution in [-0.4, -0.2) is 29.8 Å². The number of carbonyl (C=O) groups is 2. The first kappa shape index (κ1) is 32.9. The molecule has 2 amide bonds. The minimum absolute atomic E-state index is 0.0892. The standard InChI is InChI=1S/C25H22BrCl2F7N2O2/c1-12(36-20(38)11-23(2,3)29)37-22(39)15-6-4-13(8-17(15)25(33,34)35)5-7-16(24(30,31)32)14-9-18(27)21(26)19(28)10-14/h4-10,12,16H,11H2,1-3H3,(H,36,38)(H,37,39)/b7-5+/t12-,16?/m1/s1. The van der Waals surface area contributed by atoms with Crippen molar-refractivity contribution in [2.75, 3.05) is 0 Å². The van der Waals surface area contributed by atoms with Gasteiger partial charge < -0.3 is 10.6 Å². The summed E-state index contributed by atoms with van der Waals surface area (Å²) in [5.41, 5.74) is -4.69. The molecule has 1 unspecified atom stereocenters. The zero-order chi connectivity index (χ0) is 29.9. The average molecular weight is 666 g/mol. The summed E-state index contributed by atoms with van der Waals surface area (Å²) in [7, 11) is 0. The van der Waals surface area contributed by atoms with E-state index in [9.17, 15) is 40.3 Å². The molecule has 0 heterocycles. The Hall–Kier alpha value is -2.31. The van der Waals surface area contributed by atoms with Gasteiger partial charge in [-0.1, -0.05) is 41.4 Å². The SMILES string of the molecule is C[C@H](NC(=O)CC(C)(C)F)NC(=O)c1ccc(/C=C/C(c2cc(Cl)c(Br)c(Cl)c2)C(F)(F)F)cc1C(F)(F)F. The summed E-state index contributed by atoms with van der Waals surface area (Å²) >= 11 is 14.9. The van der Waals surface area contributed by atoms with Crippen LogP contribution in [0, 0.1) is 0 Å². The van der Waals surface area contributed by atoms with Crippen molar-refractivity contribution in [2.24, 2.45) is 0 Å². The largest absolute Gasteiger partial charge is 0.417 e. The van der Waals surface area contributed by atoms with Crippen LogP contribution in [0.5, 0.6) is 0 Å². The summed E-state index contributed by atoms with van der Waals surface area (Å²) < 4.78 is 96.5. The van der Waals surface area contributed by atoms with Gasteiger partial charge >= 0.3 is 12.4 Å². The Bertz CT molecular complexity index is 1240. The van der Waals surface area contributed by atoms with Crippen LogP contribution in [0.4, 0.5) is 30.7 Å². The van der Waals surface area contributed by atoms with E-state index in [1.165, 1.54) is 6.92 Å². The molecule has 0 aliphatic rings. The second kappa shape index (κ2) is 12.5.